The van der Waals surface area contributed by atoms with E-state index in [0.29, 0.717) is 24.6 Å². The first-order valence-electron chi connectivity index (χ1n) is 7.57. The number of amides is 1. The first-order valence-corrected chi connectivity index (χ1v) is 7.57. The van der Waals surface area contributed by atoms with Crippen LogP contribution in [0.15, 0.2) is 16.9 Å². The highest BCUT2D eigenvalue weighted by molar-refractivity contribution is 5.94. The zero-order chi connectivity index (χ0) is 15.6. The number of H-pyrrole nitrogens is 1. The molecule has 1 amide bonds. The maximum absolute atomic E-state index is 12.5. The van der Waals surface area contributed by atoms with Crippen molar-refractivity contribution < 1.29 is 9.90 Å². The van der Waals surface area contributed by atoms with Gasteiger partial charge in [0.1, 0.15) is 0 Å². The molecule has 1 aromatic rings. The Labute approximate surface area is 125 Å². The standard InChI is InChI=1S/C16H24N2O3/c1-10(2)6-14-7-13(8-15(20)17-14)16(21)18-5-4-12(9-18)11(3)19/h7-8,10-12,19H,4-6,9H2,1-3H3,(H,17,20). The topological polar surface area (TPSA) is 73.4 Å². The van der Waals surface area contributed by atoms with Gasteiger partial charge in [-0.2, -0.15) is 0 Å². The summed E-state index contributed by atoms with van der Waals surface area (Å²) in [7, 11) is 0. The quantitative estimate of drug-likeness (QED) is 0.881. The Hall–Kier alpha value is -1.62. The van der Waals surface area contributed by atoms with Crippen molar-refractivity contribution in [3.05, 3.63) is 33.7 Å². The molecule has 2 atom stereocenters. The normalized spacial score (nSPS) is 20.0. The van der Waals surface area contributed by atoms with E-state index in [9.17, 15) is 14.7 Å². The van der Waals surface area contributed by atoms with Crippen LogP contribution in [0.5, 0.6) is 0 Å². The van der Waals surface area contributed by atoms with Gasteiger partial charge in [0, 0.05) is 36.3 Å². The van der Waals surface area contributed by atoms with Crippen molar-refractivity contribution in [3.8, 4) is 0 Å². The highest BCUT2D eigenvalue weighted by Gasteiger charge is 2.29. The number of carbonyl (C=O) groups is 1. The van der Waals surface area contributed by atoms with E-state index in [-0.39, 0.29) is 17.4 Å². The van der Waals surface area contributed by atoms with Gasteiger partial charge in [-0.25, -0.2) is 0 Å². The van der Waals surface area contributed by atoms with Crippen molar-refractivity contribution in [1.29, 1.82) is 0 Å². The predicted octanol–water partition coefficient (Wildman–Crippen LogP) is 1.42. The molecule has 1 aliphatic rings. The molecule has 1 aromatic heterocycles. The fourth-order valence-corrected chi connectivity index (χ4v) is 2.82. The lowest BCUT2D eigenvalue weighted by molar-refractivity contribution is 0.0762. The summed E-state index contributed by atoms with van der Waals surface area (Å²) in [6, 6.07) is 3.14. The maximum atomic E-state index is 12.5. The first kappa shape index (κ1) is 15.8. The molecule has 2 unspecified atom stereocenters. The largest absolute Gasteiger partial charge is 0.393 e. The number of aliphatic hydroxyl groups is 1. The number of aliphatic hydroxyl groups excluding tert-OH is 1. The number of pyridine rings is 1. The second-order valence-corrected chi connectivity index (χ2v) is 6.40. The van der Waals surface area contributed by atoms with E-state index >= 15 is 0 Å². The van der Waals surface area contributed by atoms with E-state index < -0.39 is 6.10 Å². The van der Waals surface area contributed by atoms with Gasteiger partial charge in [0.25, 0.3) is 5.91 Å². The Bertz CT molecular complexity index is 563. The minimum atomic E-state index is -0.404. The number of nitrogens with zero attached hydrogens (tertiary/aromatic N) is 1. The second-order valence-electron chi connectivity index (χ2n) is 6.40. The molecule has 5 nitrogen and oxygen atoms in total. The Morgan fingerprint density at radius 1 is 1.43 bits per heavy atom. The third-order valence-electron chi connectivity index (χ3n) is 3.97. The highest BCUT2D eigenvalue weighted by atomic mass is 16.3. The molecule has 1 aliphatic heterocycles. The SMILES string of the molecule is CC(C)Cc1cc(C(=O)N2CCC(C(C)O)C2)cc(=O)[nH]1. The van der Waals surface area contributed by atoms with E-state index in [0.717, 1.165) is 18.5 Å². The van der Waals surface area contributed by atoms with Crippen LogP contribution in [-0.4, -0.2) is 40.1 Å². The molecule has 2 N–H and O–H groups in total. The van der Waals surface area contributed by atoms with Crippen LogP contribution in [0.1, 0.15) is 43.2 Å². The maximum Gasteiger partial charge on any atom is 0.254 e. The lowest BCUT2D eigenvalue weighted by atomic mass is 10.0. The molecule has 2 rings (SSSR count). The lowest BCUT2D eigenvalue weighted by Crippen LogP contribution is -2.31. The van der Waals surface area contributed by atoms with E-state index in [1.165, 1.54) is 6.07 Å². The number of carbonyl (C=O) groups excluding carboxylic acids is 1. The van der Waals surface area contributed by atoms with Gasteiger partial charge in [-0.15, -0.1) is 0 Å². The van der Waals surface area contributed by atoms with Gasteiger partial charge in [-0.05, 0) is 31.7 Å². The minimum absolute atomic E-state index is 0.116. The van der Waals surface area contributed by atoms with Crippen molar-refractivity contribution in [1.82, 2.24) is 9.88 Å². The summed E-state index contributed by atoms with van der Waals surface area (Å²) >= 11 is 0. The molecule has 21 heavy (non-hydrogen) atoms. The summed E-state index contributed by atoms with van der Waals surface area (Å²) in [6.07, 6.45) is 1.15. The highest BCUT2D eigenvalue weighted by Crippen LogP contribution is 2.21. The molecule has 1 saturated heterocycles. The van der Waals surface area contributed by atoms with Gasteiger partial charge in [0.15, 0.2) is 0 Å². The summed E-state index contributed by atoms with van der Waals surface area (Å²) in [4.78, 5) is 28.7. The Morgan fingerprint density at radius 3 is 2.71 bits per heavy atom. The molecule has 0 saturated carbocycles. The van der Waals surface area contributed by atoms with E-state index in [1.54, 1.807) is 17.9 Å². The van der Waals surface area contributed by atoms with Crippen molar-refractivity contribution in [2.24, 2.45) is 11.8 Å². The van der Waals surface area contributed by atoms with Crippen molar-refractivity contribution in [2.45, 2.75) is 39.7 Å². The lowest BCUT2D eigenvalue weighted by Gasteiger charge is -2.18. The summed E-state index contributed by atoms with van der Waals surface area (Å²) in [5, 5.41) is 9.62. The van der Waals surface area contributed by atoms with Crippen LogP contribution in [0.2, 0.25) is 0 Å². The molecular weight excluding hydrogens is 268 g/mol. The summed E-state index contributed by atoms with van der Waals surface area (Å²) < 4.78 is 0. The molecule has 0 bridgehead atoms. The van der Waals surface area contributed by atoms with Gasteiger partial charge in [0.05, 0.1) is 6.10 Å². The molecule has 1 fully saturated rings. The average Bonchev–Trinajstić information content (AvgIpc) is 2.85. The molecule has 0 spiro atoms. The Morgan fingerprint density at radius 2 is 2.14 bits per heavy atom. The number of nitrogens with one attached hydrogen (secondary N) is 1. The molecule has 2 heterocycles. The summed E-state index contributed by atoms with van der Waals surface area (Å²) in [6.45, 7) is 7.09. The van der Waals surface area contributed by atoms with Crippen LogP contribution in [0, 0.1) is 11.8 Å². The number of hydrogen-bond donors (Lipinski definition) is 2. The Balaban J connectivity index is 2.16. The van der Waals surface area contributed by atoms with E-state index in [4.69, 9.17) is 0 Å². The van der Waals surface area contributed by atoms with Gasteiger partial charge in [0.2, 0.25) is 5.56 Å². The number of aromatic amines is 1. The van der Waals surface area contributed by atoms with Crippen LogP contribution in [0.4, 0.5) is 0 Å². The van der Waals surface area contributed by atoms with E-state index in [2.05, 4.69) is 18.8 Å². The molecule has 116 valence electrons. The van der Waals surface area contributed by atoms with Crippen LogP contribution < -0.4 is 5.56 Å². The summed E-state index contributed by atoms with van der Waals surface area (Å²) in [5.41, 5.74) is 1.01. The van der Waals surface area contributed by atoms with Gasteiger partial charge in [-0.1, -0.05) is 13.8 Å². The number of likely N-dealkylation sites (tertiary alicyclic amines) is 1. The van der Waals surface area contributed by atoms with Crippen LogP contribution in [-0.2, 0) is 6.42 Å². The third-order valence-corrected chi connectivity index (χ3v) is 3.97. The third kappa shape index (κ3) is 3.94. The molecule has 0 aromatic carbocycles. The van der Waals surface area contributed by atoms with Crippen LogP contribution in [0.25, 0.3) is 0 Å². The fourth-order valence-electron chi connectivity index (χ4n) is 2.82. The van der Waals surface area contributed by atoms with Crippen molar-refractivity contribution in [2.75, 3.05) is 13.1 Å². The molecule has 0 radical (unpaired) electrons. The minimum Gasteiger partial charge on any atom is -0.393 e. The summed E-state index contributed by atoms with van der Waals surface area (Å²) in [5.74, 6) is 0.428. The Kier molecular flexibility index (Phi) is 4.83. The van der Waals surface area contributed by atoms with Crippen LogP contribution in [0.3, 0.4) is 0 Å². The van der Waals surface area contributed by atoms with E-state index in [1.807, 2.05) is 0 Å². The van der Waals surface area contributed by atoms with Gasteiger partial charge in [-0.3, -0.25) is 9.59 Å². The second kappa shape index (κ2) is 6.43. The monoisotopic (exact) mass is 292 g/mol. The molecule has 5 heteroatoms. The fraction of sp³-hybridized carbons (Fsp3) is 0.625. The molecule has 0 aliphatic carbocycles. The molecular formula is C16H24N2O3. The van der Waals surface area contributed by atoms with Crippen LogP contribution >= 0.6 is 0 Å². The number of rotatable bonds is 4. The van der Waals surface area contributed by atoms with Gasteiger partial charge < -0.3 is 15.0 Å². The zero-order valence-electron chi connectivity index (χ0n) is 12.9. The van der Waals surface area contributed by atoms with Gasteiger partial charge >= 0.3 is 0 Å². The van der Waals surface area contributed by atoms with Crippen molar-refractivity contribution in [3.63, 3.8) is 0 Å². The predicted molar refractivity (Wildman–Crippen MR) is 81.3 cm³/mol. The number of hydrogen-bond acceptors (Lipinski definition) is 3. The smallest absolute Gasteiger partial charge is 0.254 e. The zero-order valence-corrected chi connectivity index (χ0v) is 12.9. The number of aromatic nitrogens is 1. The average molecular weight is 292 g/mol. The van der Waals surface area contributed by atoms with Crippen molar-refractivity contribution >= 4 is 5.91 Å². The first-order chi connectivity index (χ1) is 9.86.